The molecule has 2 aromatic rings. The van der Waals surface area contributed by atoms with Crippen LogP contribution in [0, 0.1) is 18.6 Å². The lowest BCUT2D eigenvalue weighted by Gasteiger charge is -2.10. The molecule has 0 aromatic heterocycles. The Morgan fingerprint density at radius 1 is 1.09 bits per heavy atom. The molecular weight excluding hydrogens is 300 g/mol. The van der Waals surface area contributed by atoms with Gasteiger partial charge in [0.05, 0.1) is 6.61 Å². The number of rotatable bonds is 6. The molecule has 23 heavy (non-hydrogen) atoms. The van der Waals surface area contributed by atoms with Crippen LogP contribution in [0.5, 0.6) is 0 Å². The first kappa shape index (κ1) is 17.1. The fourth-order valence-corrected chi connectivity index (χ4v) is 2.26. The second-order valence-corrected chi connectivity index (χ2v) is 5.46. The number of aliphatic hydroxyl groups is 1. The minimum atomic E-state index is -0.872. The Hall–Kier alpha value is -2.27. The number of carbonyl (C=O) groups is 1. The zero-order valence-corrected chi connectivity index (χ0v) is 12.9. The minimum absolute atomic E-state index is 0.0840. The third-order valence-corrected chi connectivity index (χ3v) is 3.61. The summed E-state index contributed by atoms with van der Waals surface area (Å²) in [6.45, 7) is 1.79. The Kier molecular flexibility index (Phi) is 5.82. The molecule has 1 amide bonds. The van der Waals surface area contributed by atoms with Crippen LogP contribution in [0.4, 0.5) is 14.5 Å². The zero-order valence-electron chi connectivity index (χ0n) is 12.9. The highest BCUT2D eigenvalue weighted by Crippen LogP contribution is 2.18. The minimum Gasteiger partial charge on any atom is -0.392 e. The lowest BCUT2D eigenvalue weighted by molar-refractivity contribution is -0.116. The average Bonchev–Trinajstić information content (AvgIpc) is 2.53. The number of anilines is 1. The van der Waals surface area contributed by atoms with E-state index < -0.39 is 11.6 Å². The van der Waals surface area contributed by atoms with Crippen molar-refractivity contribution in [1.82, 2.24) is 0 Å². The second-order valence-electron chi connectivity index (χ2n) is 5.46. The van der Waals surface area contributed by atoms with Crippen LogP contribution in [0.15, 0.2) is 36.4 Å². The van der Waals surface area contributed by atoms with Crippen LogP contribution in [-0.4, -0.2) is 11.0 Å². The van der Waals surface area contributed by atoms with Gasteiger partial charge in [0.15, 0.2) is 11.6 Å². The van der Waals surface area contributed by atoms with E-state index >= 15 is 0 Å². The Morgan fingerprint density at radius 2 is 1.83 bits per heavy atom. The van der Waals surface area contributed by atoms with E-state index in [1.54, 1.807) is 12.1 Å². The molecule has 0 spiro atoms. The van der Waals surface area contributed by atoms with Crippen LogP contribution >= 0.6 is 0 Å². The van der Waals surface area contributed by atoms with Crippen molar-refractivity contribution in [3.63, 3.8) is 0 Å². The first-order valence-electron chi connectivity index (χ1n) is 7.44. The molecule has 122 valence electrons. The highest BCUT2D eigenvalue weighted by Gasteiger charge is 2.07. The topological polar surface area (TPSA) is 49.3 Å². The fourth-order valence-electron chi connectivity index (χ4n) is 2.26. The van der Waals surface area contributed by atoms with E-state index in [1.807, 2.05) is 13.0 Å². The molecule has 0 fully saturated rings. The van der Waals surface area contributed by atoms with Gasteiger partial charge in [0, 0.05) is 12.1 Å². The van der Waals surface area contributed by atoms with Gasteiger partial charge in [0.1, 0.15) is 0 Å². The SMILES string of the molecule is Cc1ccc(CO)cc1NC(=O)CCCc1ccc(F)c(F)c1. The van der Waals surface area contributed by atoms with E-state index in [-0.39, 0.29) is 18.9 Å². The summed E-state index contributed by atoms with van der Waals surface area (Å²) in [6.07, 6.45) is 1.32. The summed E-state index contributed by atoms with van der Waals surface area (Å²) < 4.78 is 25.9. The molecule has 0 aliphatic heterocycles. The molecule has 0 bridgehead atoms. The molecule has 0 aliphatic carbocycles. The molecule has 0 heterocycles. The van der Waals surface area contributed by atoms with Crippen molar-refractivity contribution in [2.75, 3.05) is 5.32 Å². The summed E-state index contributed by atoms with van der Waals surface area (Å²) in [7, 11) is 0. The Morgan fingerprint density at radius 3 is 2.52 bits per heavy atom. The van der Waals surface area contributed by atoms with E-state index in [0.29, 0.717) is 24.1 Å². The summed E-state index contributed by atoms with van der Waals surface area (Å²) in [5, 5.41) is 11.9. The van der Waals surface area contributed by atoms with Crippen LogP contribution in [0.3, 0.4) is 0 Å². The number of amides is 1. The maximum absolute atomic E-state index is 13.1. The van der Waals surface area contributed by atoms with Gasteiger partial charge in [-0.2, -0.15) is 0 Å². The number of hydrogen-bond acceptors (Lipinski definition) is 2. The Bertz CT molecular complexity index is 701. The molecule has 0 atom stereocenters. The summed E-state index contributed by atoms with van der Waals surface area (Å²) in [5.41, 5.74) is 2.98. The van der Waals surface area contributed by atoms with Crippen LogP contribution in [0.2, 0.25) is 0 Å². The van der Waals surface area contributed by atoms with Gasteiger partial charge < -0.3 is 10.4 Å². The Labute approximate surface area is 134 Å². The van der Waals surface area contributed by atoms with Crippen molar-refractivity contribution in [3.8, 4) is 0 Å². The van der Waals surface area contributed by atoms with Gasteiger partial charge in [-0.3, -0.25) is 4.79 Å². The highest BCUT2D eigenvalue weighted by atomic mass is 19.2. The summed E-state index contributed by atoms with van der Waals surface area (Å²) >= 11 is 0. The summed E-state index contributed by atoms with van der Waals surface area (Å²) in [6, 6.07) is 9.14. The molecule has 0 saturated carbocycles. The number of nitrogens with one attached hydrogen (secondary N) is 1. The molecule has 0 aliphatic rings. The van der Waals surface area contributed by atoms with Crippen molar-refractivity contribution >= 4 is 11.6 Å². The molecular formula is C18H19F2NO2. The van der Waals surface area contributed by atoms with Crippen molar-refractivity contribution in [1.29, 1.82) is 0 Å². The molecule has 3 nitrogen and oxygen atoms in total. The molecule has 5 heteroatoms. The summed E-state index contributed by atoms with van der Waals surface area (Å²) in [5.74, 6) is -1.89. The lowest BCUT2D eigenvalue weighted by Crippen LogP contribution is -2.12. The van der Waals surface area contributed by atoms with E-state index in [2.05, 4.69) is 5.32 Å². The number of hydrogen-bond donors (Lipinski definition) is 2. The monoisotopic (exact) mass is 319 g/mol. The van der Waals surface area contributed by atoms with Gasteiger partial charge in [-0.25, -0.2) is 8.78 Å². The van der Waals surface area contributed by atoms with Crippen LogP contribution in [0.1, 0.15) is 29.5 Å². The van der Waals surface area contributed by atoms with E-state index in [0.717, 1.165) is 23.3 Å². The van der Waals surface area contributed by atoms with Crippen molar-refractivity contribution < 1.29 is 18.7 Å². The quantitative estimate of drug-likeness (QED) is 0.852. The third-order valence-electron chi connectivity index (χ3n) is 3.61. The number of benzene rings is 2. The standard InChI is InChI=1S/C18H19F2NO2/c1-12-5-6-14(11-22)10-17(12)21-18(23)4-2-3-13-7-8-15(19)16(20)9-13/h5-10,22H,2-4,11H2,1H3,(H,21,23). The van der Waals surface area contributed by atoms with E-state index in [1.165, 1.54) is 6.07 Å². The van der Waals surface area contributed by atoms with E-state index in [4.69, 9.17) is 5.11 Å². The molecule has 2 aromatic carbocycles. The van der Waals surface area contributed by atoms with Gasteiger partial charge >= 0.3 is 0 Å². The molecule has 2 N–H and O–H groups in total. The van der Waals surface area contributed by atoms with Crippen LogP contribution in [0.25, 0.3) is 0 Å². The van der Waals surface area contributed by atoms with Crippen molar-refractivity contribution in [2.45, 2.75) is 32.8 Å². The maximum atomic E-state index is 13.1. The molecule has 0 unspecified atom stereocenters. The number of aryl methyl sites for hydroxylation is 2. The molecule has 2 rings (SSSR count). The second kappa shape index (κ2) is 7.83. The molecule has 0 radical (unpaired) electrons. The number of aliphatic hydroxyl groups excluding tert-OH is 1. The van der Waals surface area contributed by atoms with Gasteiger partial charge in [-0.1, -0.05) is 18.2 Å². The predicted octanol–water partition coefficient (Wildman–Crippen LogP) is 3.73. The third kappa shape index (κ3) is 4.86. The first-order chi connectivity index (χ1) is 11.0. The van der Waals surface area contributed by atoms with Crippen LogP contribution in [-0.2, 0) is 17.8 Å². The lowest BCUT2D eigenvalue weighted by atomic mass is 10.1. The van der Waals surface area contributed by atoms with E-state index in [9.17, 15) is 13.6 Å². The first-order valence-corrected chi connectivity index (χ1v) is 7.44. The maximum Gasteiger partial charge on any atom is 0.224 e. The predicted molar refractivity (Wildman–Crippen MR) is 85.0 cm³/mol. The largest absolute Gasteiger partial charge is 0.392 e. The van der Waals surface area contributed by atoms with Gasteiger partial charge in [0.2, 0.25) is 5.91 Å². The number of halogens is 2. The van der Waals surface area contributed by atoms with Gasteiger partial charge in [-0.05, 0) is 54.7 Å². The summed E-state index contributed by atoms with van der Waals surface area (Å²) in [4.78, 5) is 12.0. The van der Waals surface area contributed by atoms with Crippen LogP contribution < -0.4 is 5.32 Å². The normalized spacial score (nSPS) is 10.6. The molecule has 0 saturated heterocycles. The van der Waals surface area contributed by atoms with Crippen molar-refractivity contribution in [3.05, 3.63) is 64.7 Å². The zero-order chi connectivity index (χ0) is 16.8. The van der Waals surface area contributed by atoms with Crippen molar-refractivity contribution in [2.24, 2.45) is 0 Å². The smallest absolute Gasteiger partial charge is 0.224 e. The van der Waals surface area contributed by atoms with Gasteiger partial charge in [-0.15, -0.1) is 0 Å². The fraction of sp³-hybridized carbons (Fsp3) is 0.278. The average molecular weight is 319 g/mol. The Balaban J connectivity index is 1.86. The van der Waals surface area contributed by atoms with Gasteiger partial charge in [0.25, 0.3) is 0 Å². The number of carbonyl (C=O) groups excluding carboxylic acids is 1. The highest BCUT2D eigenvalue weighted by molar-refractivity contribution is 5.91.